The van der Waals surface area contributed by atoms with Gasteiger partial charge in [0.1, 0.15) is 0 Å². The number of rotatable bonds is 0. The number of hydrogen-bond acceptors (Lipinski definition) is 3. The fourth-order valence-corrected chi connectivity index (χ4v) is 1.18. The van der Waals surface area contributed by atoms with Crippen molar-refractivity contribution in [2.45, 2.75) is 0 Å². The summed E-state index contributed by atoms with van der Waals surface area (Å²) in [6, 6.07) is 0. The molecule has 2 aromatic rings. The van der Waals surface area contributed by atoms with Crippen molar-refractivity contribution in [1.29, 1.82) is 0 Å². The highest BCUT2D eigenvalue weighted by Crippen LogP contribution is 2.06. The number of hydrogen-bond donors (Lipinski definition) is 2. The first-order chi connectivity index (χ1) is 5.27. The van der Waals surface area contributed by atoms with E-state index in [9.17, 15) is 4.79 Å². The lowest BCUT2D eigenvalue weighted by Gasteiger charge is -1.81. The lowest BCUT2D eigenvalue weighted by molar-refractivity contribution is 1.15. The molecule has 0 fully saturated rings. The van der Waals surface area contributed by atoms with Crippen LogP contribution in [0, 0.1) is 0 Å². The molecule has 0 saturated carbocycles. The maximum Gasteiger partial charge on any atom is 0.276 e. The minimum absolute atomic E-state index is 0.215. The predicted octanol–water partition coefficient (Wildman–Crippen LogP) is 0.409. The number of halogens is 1. The van der Waals surface area contributed by atoms with Crippen molar-refractivity contribution in [2.24, 2.45) is 0 Å². The molecular formula is C5H3BrN4O. The molecule has 0 radical (unpaired) electrons. The predicted molar refractivity (Wildman–Crippen MR) is 42.2 cm³/mol. The van der Waals surface area contributed by atoms with Crippen molar-refractivity contribution in [1.82, 2.24) is 19.9 Å². The molecule has 2 rings (SSSR count). The van der Waals surface area contributed by atoms with Gasteiger partial charge in [0.2, 0.25) is 0 Å². The van der Waals surface area contributed by atoms with E-state index in [-0.39, 0.29) is 5.56 Å². The molecule has 0 bridgehead atoms. The van der Waals surface area contributed by atoms with Gasteiger partial charge in [-0.15, -0.1) is 0 Å². The van der Waals surface area contributed by atoms with Crippen LogP contribution in [0.3, 0.4) is 0 Å². The van der Waals surface area contributed by atoms with Gasteiger partial charge in [0.25, 0.3) is 5.56 Å². The normalized spacial score (nSPS) is 10.6. The molecule has 0 atom stereocenters. The first kappa shape index (κ1) is 6.53. The molecular weight excluding hydrogens is 212 g/mol. The second kappa shape index (κ2) is 2.16. The Morgan fingerprint density at radius 3 is 3.09 bits per heavy atom. The summed E-state index contributed by atoms with van der Waals surface area (Å²) in [5, 5.41) is 0. The topological polar surface area (TPSA) is 74.4 Å². The number of aromatic nitrogens is 4. The molecule has 5 nitrogen and oxygen atoms in total. The fraction of sp³-hybridized carbons (Fsp3) is 0. The van der Waals surface area contributed by atoms with Gasteiger partial charge in [-0.25, -0.2) is 9.97 Å². The molecule has 0 unspecified atom stereocenters. The average molecular weight is 215 g/mol. The highest BCUT2D eigenvalue weighted by molar-refractivity contribution is 9.10. The van der Waals surface area contributed by atoms with Crippen molar-refractivity contribution < 1.29 is 0 Å². The molecule has 11 heavy (non-hydrogen) atoms. The van der Waals surface area contributed by atoms with Crippen LogP contribution in [0.25, 0.3) is 11.2 Å². The monoisotopic (exact) mass is 214 g/mol. The molecule has 0 aliphatic carbocycles. The molecule has 2 aromatic heterocycles. The van der Waals surface area contributed by atoms with Crippen LogP contribution in [0.1, 0.15) is 0 Å². The van der Waals surface area contributed by atoms with E-state index in [4.69, 9.17) is 0 Å². The van der Waals surface area contributed by atoms with Gasteiger partial charge in [0, 0.05) is 0 Å². The lowest BCUT2D eigenvalue weighted by atomic mass is 10.6. The summed E-state index contributed by atoms with van der Waals surface area (Å²) in [6.45, 7) is 0. The Kier molecular flexibility index (Phi) is 1.28. The van der Waals surface area contributed by atoms with Gasteiger partial charge < -0.3 is 9.97 Å². The minimum atomic E-state index is -0.215. The van der Waals surface area contributed by atoms with Crippen LogP contribution in [0.5, 0.6) is 0 Å². The quantitative estimate of drug-likeness (QED) is 0.625. The standard InChI is InChI=1S/C5H3BrN4O/c6-5-9-2-3(10-5)7-1-8-4(2)11/h1H,(H2,7,8,9,10,11). The van der Waals surface area contributed by atoms with Crippen molar-refractivity contribution in [3.05, 3.63) is 21.4 Å². The molecule has 0 aliphatic heterocycles. The van der Waals surface area contributed by atoms with Crippen LogP contribution in [-0.2, 0) is 0 Å². The number of nitrogens with one attached hydrogen (secondary N) is 2. The van der Waals surface area contributed by atoms with Gasteiger partial charge in [-0.3, -0.25) is 4.79 Å². The maximum atomic E-state index is 11.0. The number of imidazole rings is 1. The second-order valence-corrected chi connectivity index (χ2v) is 2.71. The Morgan fingerprint density at radius 2 is 2.36 bits per heavy atom. The number of H-pyrrole nitrogens is 2. The SMILES string of the molecule is O=c1[nH]cnc2nc(Br)[nH]c12. The Morgan fingerprint density at radius 1 is 1.55 bits per heavy atom. The van der Waals surface area contributed by atoms with Crippen LogP contribution in [0.2, 0.25) is 0 Å². The molecule has 0 spiro atoms. The first-order valence-electron chi connectivity index (χ1n) is 2.86. The van der Waals surface area contributed by atoms with Gasteiger partial charge in [0.15, 0.2) is 15.9 Å². The van der Waals surface area contributed by atoms with Gasteiger partial charge in [-0.1, -0.05) is 0 Å². The highest BCUT2D eigenvalue weighted by atomic mass is 79.9. The molecule has 56 valence electrons. The zero-order valence-electron chi connectivity index (χ0n) is 5.26. The molecule has 0 aromatic carbocycles. The third kappa shape index (κ3) is 0.949. The summed E-state index contributed by atoms with van der Waals surface area (Å²) in [5.41, 5.74) is 0.591. The van der Waals surface area contributed by atoms with Crippen molar-refractivity contribution in [2.75, 3.05) is 0 Å². The zero-order valence-corrected chi connectivity index (χ0v) is 6.84. The van der Waals surface area contributed by atoms with Crippen LogP contribution in [0.4, 0.5) is 0 Å². The first-order valence-corrected chi connectivity index (χ1v) is 3.65. The molecule has 2 N–H and O–H groups in total. The summed E-state index contributed by atoms with van der Waals surface area (Å²) in [5.74, 6) is 0. The average Bonchev–Trinajstić information content (AvgIpc) is 2.31. The van der Waals surface area contributed by atoms with E-state index >= 15 is 0 Å². The second-order valence-electron chi connectivity index (χ2n) is 1.96. The van der Waals surface area contributed by atoms with Crippen molar-refractivity contribution in [3.8, 4) is 0 Å². The van der Waals surface area contributed by atoms with Crippen molar-refractivity contribution >= 4 is 27.1 Å². The Hall–Kier alpha value is -1.17. The van der Waals surface area contributed by atoms with E-state index in [1.54, 1.807) is 0 Å². The third-order valence-electron chi connectivity index (χ3n) is 1.27. The summed E-state index contributed by atoms with van der Waals surface area (Å²) >= 11 is 3.10. The van der Waals surface area contributed by atoms with E-state index in [1.807, 2.05) is 0 Å². The van der Waals surface area contributed by atoms with E-state index in [2.05, 4.69) is 35.9 Å². The van der Waals surface area contributed by atoms with Gasteiger partial charge in [0.05, 0.1) is 6.33 Å². The van der Waals surface area contributed by atoms with Crippen LogP contribution < -0.4 is 5.56 Å². The fourth-order valence-electron chi connectivity index (χ4n) is 0.812. The maximum absolute atomic E-state index is 11.0. The van der Waals surface area contributed by atoms with E-state index in [1.165, 1.54) is 6.33 Å². The van der Waals surface area contributed by atoms with Crippen molar-refractivity contribution in [3.63, 3.8) is 0 Å². The third-order valence-corrected chi connectivity index (χ3v) is 1.64. The Balaban J connectivity index is 3.02. The number of nitrogens with zero attached hydrogens (tertiary/aromatic N) is 2. The number of fused-ring (bicyclic) bond motifs is 1. The highest BCUT2D eigenvalue weighted by Gasteiger charge is 2.02. The molecule has 0 saturated heterocycles. The Labute approximate surface area is 69.0 Å². The molecule has 6 heteroatoms. The Bertz CT molecular complexity index is 445. The summed E-state index contributed by atoms with van der Waals surface area (Å²) in [7, 11) is 0. The smallest absolute Gasteiger partial charge is 0.276 e. The van der Waals surface area contributed by atoms with Crippen LogP contribution in [-0.4, -0.2) is 19.9 Å². The summed E-state index contributed by atoms with van der Waals surface area (Å²) in [4.78, 5) is 23.9. The van der Waals surface area contributed by atoms with Gasteiger partial charge >= 0.3 is 0 Å². The molecule has 0 amide bonds. The van der Waals surface area contributed by atoms with Crippen LogP contribution in [0.15, 0.2) is 15.9 Å². The van der Waals surface area contributed by atoms with Gasteiger partial charge in [-0.05, 0) is 15.9 Å². The number of aromatic amines is 2. The van der Waals surface area contributed by atoms with E-state index in [0.29, 0.717) is 15.9 Å². The summed E-state index contributed by atoms with van der Waals surface area (Å²) < 4.78 is 0.511. The molecule has 2 heterocycles. The van der Waals surface area contributed by atoms with E-state index < -0.39 is 0 Å². The minimum Gasteiger partial charge on any atom is -0.327 e. The largest absolute Gasteiger partial charge is 0.327 e. The lowest BCUT2D eigenvalue weighted by Crippen LogP contribution is -2.05. The summed E-state index contributed by atoms with van der Waals surface area (Å²) in [6.07, 6.45) is 1.32. The van der Waals surface area contributed by atoms with Crippen LogP contribution >= 0.6 is 15.9 Å². The molecule has 0 aliphatic rings. The van der Waals surface area contributed by atoms with E-state index in [0.717, 1.165) is 0 Å². The zero-order chi connectivity index (χ0) is 7.84. The van der Waals surface area contributed by atoms with Gasteiger partial charge in [-0.2, -0.15) is 0 Å².